The summed E-state index contributed by atoms with van der Waals surface area (Å²) in [7, 11) is 0. The number of hydrogen-bond donors (Lipinski definition) is 0. The van der Waals surface area contributed by atoms with E-state index >= 15 is 4.39 Å². The second kappa shape index (κ2) is 9.67. The zero-order chi connectivity index (χ0) is 28.3. The first-order valence-electron chi connectivity index (χ1n) is 13.3. The van der Waals surface area contributed by atoms with Crippen LogP contribution in [0.4, 0.5) is 13.6 Å². The third kappa shape index (κ3) is 4.43. The number of rotatable bonds is 2. The summed E-state index contributed by atoms with van der Waals surface area (Å²) in [4.78, 5) is 28.0. The summed E-state index contributed by atoms with van der Waals surface area (Å²) < 4.78 is 36.5. The van der Waals surface area contributed by atoms with Crippen LogP contribution in [0.5, 0.6) is 0 Å². The van der Waals surface area contributed by atoms with Crippen molar-refractivity contribution >= 4 is 39.4 Å². The van der Waals surface area contributed by atoms with E-state index in [4.69, 9.17) is 22.8 Å². The average Bonchev–Trinajstić information content (AvgIpc) is 3.17. The van der Waals surface area contributed by atoms with Crippen molar-refractivity contribution in [2.45, 2.75) is 70.1 Å². The molecule has 204 valence electrons. The van der Waals surface area contributed by atoms with Crippen LogP contribution in [0.2, 0.25) is 5.28 Å². The molecule has 2 fully saturated rings. The van der Waals surface area contributed by atoms with Crippen molar-refractivity contribution in [3.05, 3.63) is 64.7 Å². The van der Waals surface area contributed by atoms with Gasteiger partial charge in [0.25, 0.3) is 0 Å². The van der Waals surface area contributed by atoms with Crippen LogP contribution >= 0.6 is 11.6 Å². The lowest BCUT2D eigenvalue weighted by Crippen LogP contribution is -2.48. The number of aromatic nitrogens is 3. The Hall–Kier alpha value is -3.83. The van der Waals surface area contributed by atoms with Gasteiger partial charge in [-0.3, -0.25) is 4.98 Å². The number of halogens is 3. The third-order valence-corrected chi connectivity index (χ3v) is 7.97. The van der Waals surface area contributed by atoms with E-state index in [1.807, 2.05) is 25.7 Å². The number of nitrogens with zero attached hydrogens (tertiary/aromatic N) is 4. The maximum Gasteiger partial charge on any atom is 0.410 e. The van der Waals surface area contributed by atoms with Crippen molar-refractivity contribution in [3.63, 3.8) is 0 Å². The van der Waals surface area contributed by atoms with Crippen LogP contribution < -0.4 is 0 Å². The second-order valence-corrected chi connectivity index (χ2v) is 11.8. The van der Waals surface area contributed by atoms with Gasteiger partial charge in [-0.25, -0.2) is 23.5 Å². The molecule has 2 aliphatic rings. The molecule has 2 unspecified atom stereocenters. The first kappa shape index (κ1) is 26.4. The number of terminal acetylenes is 1. The van der Waals surface area contributed by atoms with Crippen LogP contribution in [-0.4, -0.2) is 43.6 Å². The van der Waals surface area contributed by atoms with Gasteiger partial charge in [0.15, 0.2) is 5.82 Å². The summed E-state index contributed by atoms with van der Waals surface area (Å²) in [6.07, 6.45) is 9.90. The summed E-state index contributed by atoms with van der Waals surface area (Å²) in [6, 6.07) is 8.07. The molecule has 2 bridgehead atoms. The number of piperidine rings is 1. The quantitative estimate of drug-likeness (QED) is 0.189. The lowest BCUT2D eigenvalue weighted by atomic mass is 9.86. The highest BCUT2D eigenvalue weighted by molar-refractivity contribution is 6.28. The molecule has 2 saturated heterocycles. The molecular weight excluding hydrogens is 534 g/mol. The first-order chi connectivity index (χ1) is 19.1. The van der Waals surface area contributed by atoms with Crippen molar-refractivity contribution in [2.75, 3.05) is 0 Å². The minimum atomic E-state index is -0.683. The Balaban J connectivity index is 1.42. The van der Waals surface area contributed by atoms with Crippen LogP contribution in [0.1, 0.15) is 63.6 Å². The number of amides is 1. The molecule has 4 heterocycles. The van der Waals surface area contributed by atoms with Gasteiger partial charge in [-0.1, -0.05) is 30.2 Å². The Morgan fingerprint density at radius 3 is 2.52 bits per heavy atom. The topological polar surface area (TPSA) is 68.2 Å². The van der Waals surface area contributed by atoms with Gasteiger partial charge in [-0.05, 0) is 69.5 Å². The molecule has 0 spiro atoms. The fraction of sp³-hybridized carbons (Fsp3) is 0.355. The lowest BCUT2D eigenvalue weighted by Gasteiger charge is -2.39. The van der Waals surface area contributed by atoms with Gasteiger partial charge in [-0.2, -0.15) is 0 Å². The molecule has 40 heavy (non-hydrogen) atoms. The average molecular weight is 561 g/mol. The van der Waals surface area contributed by atoms with E-state index < -0.39 is 17.2 Å². The van der Waals surface area contributed by atoms with Gasteiger partial charge < -0.3 is 9.64 Å². The maximum atomic E-state index is 16.2. The molecule has 6 nitrogen and oxygen atoms in total. The van der Waals surface area contributed by atoms with Crippen LogP contribution in [0.25, 0.3) is 32.9 Å². The SMILES string of the molecule is C#Cc1c(F)ccc2cccc(-c3ncc4c(C5CC6CCC(C5)N6C(=O)OC(C)(C)C)nc(Cl)nc4c3F)c12. The zero-order valence-corrected chi connectivity index (χ0v) is 23.1. The number of ether oxygens (including phenoxy) is 1. The van der Waals surface area contributed by atoms with Crippen LogP contribution in [0.3, 0.4) is 0 Å². The maximum absolute atomic E-state index is 16.2. The van der Waals surface area contributed by atoms with E-state index in [9.17, 15) is 9.18 Å². The standard InChI is InChI=1S/C31H27ClF2N4O2/c1-5-20-23(33)12-9-16-7-6-8-21(24(16)20)27-25(34)28-22(15-35-27)26(36-29(32)37-28)17-13-18-10-11-19(14-17)38(18)30(39)40-31(2,3)4/h1,6-9,12,15,17-19H,10-11,13-14H2,2-4H3. The van der Waals surface area contributed by atoms with Crippen molar-refractivity contribution in [1.82, 2.24) is 19.9 Å². The summed E-state index contributed by atoms with van der Waals surface area (Å²) in [5, 5.41) is 1.46. The molecule has 6 rings (SSSR count). The minimum Gasteiger partial charge on any atom is -0.444 e. The van der Waals surface area contributed by atoms with E-state index in [0.717, 1.165) is 12.8 Å². The Bertz CT molecular complexity index is 1720. The van der Waals surface area contributed by atoms with Gasteiger partial charge in [0.2, 0.25) is 5.28 Å². The molecule has 1 amide bonds. The molecule has 2 aliphatic heterocycles. The summed E-state index contributed by atoms with van der Waals surface area (Å²) in [5.41, 5.74) is 0.481. The fourth-order valence-electron chi connectivity index (χ4n) is 6.26. The summed E-state index contributed by atoms with van der Waals surface area (Å²) >= 11 is 6.35. The van der Waals surface area contributed by atoms with E-state index in [-0.39, 0.29) is 46.2 Å². The highest BCUT2D eigenvalue weighted by Gasteiger charge is 2.46. The Morgan fingerprint density at radius 2 is 1.85 bits per heavy atom. The molecule has 2 atom stereocenters. The van der Waals surface area contributed by atoms with Crippen LogP contribution in [0.15, 0.2) is 36.5 Å². The second-order valence-electron chi connectivity index (χ2n) is 11.5. The third-order valence-electron chi connectivity index (χ3n) is 7.80. The Kier molecular flexibility index (Phi) is 6.38. The molecular formula is C31H27ClF2N4O2. The van der Waals surface area contributed by atoms with E-state index in [0.29, 0.717) is 40.3 Å². The molecule has 2 aromatic heterocycles. The molecule has 0 N–H and O–H groups in total. The fourth-order valence-corrected chi connectivity index (χ4v) is 6.43. The normalized spacial score (nSPS) is 20.6. The van der Waals surface area contributed by atoms with E-state index in [1.54, 1.807) is 30.5 Å². The first-order valence-corrected chi connectivity index (χ1v) is 13.6. The van der Waals surface area contributed by atoms with Gasteiger partial charge in [0.05, 0.1) is 11.3 Å². The smallest absolute Gasteiger partial charge is 0.410 e. The number of carbonyl (C=O) groups excluding carboxylic acids is 1. The summed E-state index contributed by atoms with van der Waals surface area (Å²) in [6.45, 7) is 5.56. The number of hydrogen-bond acceptors (Lipinski definition) is 5. The van der Waals surface area contributed by atoms with Crippen molar-refractivity contribution in [3.8, 4) is 23.6 Å². The van der Waals surface area contributed by atoms with Crippen LogP contribution in [-0.2, 0) is 4.74 Å². The van der Waals surface area contributed by atoms with Gasteiger partial charge in [-0.15, -0.1) is 6.42 Å². The van der Waals surface area contributed by atoms with E-state index in [2.05, 4.69) is 20.9 Å². The molecule has 2 aromatic carbocycles. The molecule has 9 heteroatoms. The monoisotopic (exact) mass is 560 g/mol. The zero-order valence-electron chi connectivity index (χ0n) is 22.3. The number of carbonyl (C=O) groups is 1. The predicted molar refractivity (Wildman–Crippen MR) is 150 cm³/mol. The molecule has 0 radical (unpaired) electrons. The number of pyridine rings is 1. The largest absolute Gasteiger partial charge is 0.444 e. The molecule has 0 aliphatic carbocycles. The van der Waals surface area contributed by atoms with Gasteiger partial charge in [0, 0.05) is 40.5 Å². The van der Waals surface area contributed by atoms with Gasteiger partial charge >= 0.3 is 6.09 Å². The number of fused-ring (bicyclic) bond motifs is 4. The molecule has 0 saturated carbocycles. The van der Waals surface area contributed by atoms with Crippen molar-refractivity contribution < 1.29 is 18.3 Å². The minimum absolute atomic E-state index is 0.000677. The van der Waals surface area contributed by atoms with Crippen molar-refractivity contribution in [1.29, 1.82) is 0 Å². The summed E-state index contributed by atoms with van der Waals surface area (Å²) in [5.74, 6) is 1.08. The van der Waals surface area contributed by atoms with Crippen molar-refractivity contribution in [2.24, 2.45) is 0 Å². The predicted octanol–water partition coefficient (Wildman–Crippen LogP) is 7.40. The van der Waals surface area contributed by atoms with Gasteiger partial charge in [0.1, 0.15) is 22.6 Å². The highest BCUT2D eigenvalue weighted by atomic mass is 35.5. The van der Waals surface area contributed by atoms with E-state index in [1.165, 1.54) is 6.07 Å². The van der Waals surface area contributed by atoms with Crippen LogP contribution in [0, 0.1) is 24.0 Å². The Morgan fingerprint density at radius 1 is 1.12 bits per heavy atom. The lowest BCUT2D eigenvalue weighted by molar-refractivity contribution is 0.00575. The Labute approximate surface area is 235 Å². The number of benzene rings is 2. The highest BCUT2D eigenvalue weighted by Crippen LogP contribution is 2.45. The molecule has 4 aromatic rings.